The molecule has 0 spiro atoms. The van der Waals surface area contributed by atoms with Gasteiger partial charge in [-0.2, -0.15) is 0 Å². The molecule has 3 aromatic rings. The largest absolute Gasteiger partial charge is 0.451 e. The smallest absolute Gasteiger partial charge is 0.258 e. The molecule has 1 aliphatic carbocycles. The summed E-state index contributed by atoms with van der Waals surface area (Å²) in [6.45, 7) is 0.710. The van der Waals surface area contributed by atoms with Gasteiger partial charge in [0.05, 0.1) is 17.8 Å². The van der Waals surface area contributed by atoms with Gasteiger partial charge in [0.2, 0.25) is 5.91 Å². The van der Waals surface area contributed by atoms with Crippen molar-refractivity contribution in [2.75, 3.05) is 11.9 Å². The van der Waals surface area contributed by atoms with Gasteiger partial charge < -0.3 is 19.4 Å². The first-order valence-electron chi connectivity index (χ1n) is 12.7. The molecule has 186 valence electrons. The second kappa shape index (κ2) is 9.52. The van der Waals surface area contributed by atoms with E-state index in [1.54, 1.807) is 6.26 Å². The van der Waals surface area contributed by atoms with Crippen LogP contribution in [-0.2, 0) is 17.9 Å². The number of amides is 1. The third kappa shape index (κ3) is 3.90. The number of hydrogen-bond donors (Lipinski definition) is 2. The molecule has 1 fully saturated rings. The van der Waals surface area contributed by atoms with Gasteiger partial charge in [-0.25, -0.2) is 4.98 Å². The molecule has 6 rings (SSSR count). The lowest BCUT2D eigenvalue weighted by molar-refractivity contribution is -0.122. The van der Waals surface area contributed by atoms with Crippen LogP contribution in [0, 0.1) is 11.8 Å². The second-order valence-corrected chi connectivity index (χ2v) is 9.97. The van der Waals surface area contributed by atoms with Crippen LogP contribution >= 0.6 is 0 Å². The summed E-state index contributed by atoms with van der Waals surface area (Å²) in [4.78, 5) is 33.6. The van der Waals surface area contributed by atoms with Crippen LogP contribution in [0.4, 0.5) is 5.69 Å². The highest BCUT2D eigenvalue weighted by molar-refractivity contribution is 5.95. The van der Waals surface area contributed by atoms with E-state index in [4.69, 9.17) is 4.42 Å². The van der Waals surface area contributed by atoms with Crippen LogP contribution in [0.25, 0.3) is 5.57 Å². The monoisotopic (exact) mass is 486 g/mol. The molecule has 4 atom stereocenters. The molecule has 36 heavy (non-hydrogen) atoms. The Labute approximate surface area is 209 Å². The molecule has 8 heteroatoms. The van der Waals surface area contributed by atoms with Crippen molar-refractivity contribution in [3.8, 4) is 0 Å². The minimum atomic E-state index is -0.577. The molecule has 3 aliphatic rings. The second-order valence-electron chi connectivity index (χ2n) is 9.97. The SMILES string of the molecule is O=C(Nc1ccccc1)[C@H]1[C@H](CO)[C@H]2Cn3c(ccc(C4=CCCCC4)c3=O)[C@H]2N1Cc1cocn1. The fourth-order valence-corrected chi connectivity index (χ4v) is 6.35. The number of oxazole rings is 1. The standard InChI is InChI=1S/C28H30N4O4/c33-15-23-22-14-31-24(12-11-21(28(31)35)18-7-3-1-4-8-18)25(22)32(13-20-16-36-17-29-20)26(23)27(34)30-19-9-5-2-6-10-19/h2,5-7,9-12,16-17,22-23,25-26,33H,1,3-4,8,13-15H2,(H,30,34)/t22-,23-,25+,26-/m1/s1. The van der Waals surface area contributed by atoms with E-state index in [1.165, 1.54) is 12.8 Å². The van der Waals surface area contributed by atoms with Crippen LogP contribution in [0.5, 0.6) is 0 Å². The van der Waals surface area contributed by atoms with E-state index in [9.17, 15) is 14.7 Å². The highest BCUT2D eigenvalue weighted by atomic mass is 16.3. The maximum absolute atomic E-state index is 13.6. The van der Waals surface area contributed by atoms with Crippen molar-refractivity contribution >= 4 is 17.2 Å². The maximum atomic E-state index is 13.6. The Balaban J connectivity index is 1.39. The van der Waals surface area contributed by atoms with E-state index in [1.807, 2.05) is 47.0 Å². The summed E-state index contributed by atoms with van der Waals surface area (Å²) in [5.74, 6) is -0.574. The Morgan fingerprint density at radius 1 is 1.17 bits per heavy atom. The summed E-state index contributed by atoms with van der Waals surface area (Å²) in [6.07, 6.45) is 9.37. The van der Waals surface area contributed by atoms with Crippen molar-refractivity contribution in [1.29, 1.82) is 0 Å². The van der Waals surface area contributed by atoms with Gasteiger partial charge in [0.1, 0.15) is 6.26 Å². The molecule has 8 nitrogen and oxygen atoms in total. The topological polar surface area (TPSA) is 101 Å². The van der Waals surface area contributed by atoms with Crippen molar-refractivity contribution in [2.45, 2.75) is 50.9 Å². The Hall–Kier alpha value is -3.49. The van der Waals surface area contributed by atoms with Crippen molar-refractivity contribution in [3.05, 3.63) is 88.5 Å². The zero-order valence-electron chi connectivity index (χ0n) is 20.0. The van der Waals surface area contributed by atoms with Gasteiger partial charge in [-0.1, -0.05) is 24.3 Å². The van der Waals surface area contributed by atoms with Gasteiger partial charge >= 0.3 is 0 Å². The lowest BCUT2D eigenvalue weighted by Crippen LogP contribution is -2.45. The number of hydrogen-bond acceptors (Lipinski definition) is 6. The van der Waals surface area contributed by atoms with E-state index in [-0.39, 0.29) is 36.0 Å². The molecule has 1 saturated heterocycles. The Morgan fingerprint density at radius 3 is 2.75 bits per heavy atom. The summed E-state index contributed by atoms with van der Waals surface area (Å²) in [5.41, 5.74) is 4.24. The zero-order chi connectivity index (χ0) is 24.6. The van der Waals surface area contributed by atoms with Gasteiger partial charge in [-0.3, -0.25) is 14.5 Å². The first-order valence-corrected chi connectivity index (χ1v) is 12.7. The predicted molar refractivity (Wildman–Crippen MR) is 135 cm³/mol. The van der Waals surface area contributed by atoms with E-state index in [2.05, 4.69) is 21.3 Å². The number of nitrogens with one attached hydrogen (secondary N) is 1. The normalized spacial score (nSPS) is 25.3. The number of carbonyl (C=O) groups is 1. The van der Waals surface area contributed by atoms with Gasteiger partial charge in [0, 0.05) is 48.5 Å². The minimum Gasteiger partial charge on any atom is -0.451 e. The van der Waals surface area contributed by atoms with Crippen molar-refractivity contribution < 1.29 is 14.3 Å². The third-order valence-electron chi connectivity index (χ3n) is 7.97. The van der Waals surface area contributed by atoms with E-state index < -0.39 is 6.04 Å². The molecule has 0 bridgehead atoms. The summed E-state index contributed by atoms with van der Waals surface area (Å²) >= 11 is 0. The zero-order valence-corrected chi connectivity index (χ0v) is 20.0. The molecular weight excluding hydrogens is 456 g/mol. The molecular formula is C28H30N4O4. The molecule has 4 heterocycles. The minimum absolute atomic E-state index is 0.0263. The van der Waals surface area contributed by atoms with E-state index >= 15 is 0 Å². The van der Waals surface area contributed by atoms with Gasteiger partial charge in [-0.15, -0.1) is 0 Å². The number of para-hydroxylation sites is 1. The number of rotatable bonds is 6. The average molecular weight is 487 g/mol. The number of benzene rings is 1. The molecule has 0 radical (unpaired) electrons. The van der Waals surface area contributed by atoms with Gasteiger partial charge in [-0.05, 0) is 55.5 Å². The molecule has 2 aromatic heterocycles. The summed E-state index contributed by atoms with van der Waals surface area (Å²) in [6, 6.07) is 12.6. The molecule has 0 unspecified atom stereocenters. The lowest BCUT2D eigenvalue weighted by Gasteiger charge is -2.30. The molecule has 1 aromatic carbocycles. The number of anilines is 1. The average Bonchev–Trinajstić information content (AvgIpc) is 3.62. The number of aliphatic hydroxyl groups excluding tert-OH is 1. The number of carbonyl (C=O) groups excluding carboxylic acids is 1. The predicted octanol–water partition coefficient (Wildman–Crippen LogP) is 3.60. The van der Waals surface area contributed by atoms with E-state index in [0.29, 0.717) is 24.5 Å². The maximum Gasteiger partial charge on any atom is 0.258 e. The fraction of sp³-hybridized carbons (Fsp3) is 0.393. The summed E-state index contributed by atoms with van der Waals surface area (Å²) < 4.78 is 7.07. The lowest BCUT2D eigenvalue weighted by atomic mass is 9.88. The van der Waals surface area contributed by atoms with Crippen LogP contribution < -0.4 is 10.9 Å². The van der Waals surface area contributed by atoms with Gasteiger partial charge in [0.25, 0.3) is 5.56 Å². The molecule has 2 N–H and O–H groups in total. The third-order valence-corrected chi connectivity index (χ3v) is 7.97. The number of allylic oxidation sites excluding steroid dienone is 2. The highest BCUT2D eigenvalue weighted by Gasteiger charge is 2.55. The first kappa shape index (κ1) is 22.9. The fourth-order valence-electron chi connectivity index (χ4n) is 6.35. The van der Waals surface area contributed by atoms with Crippen molar-refractivity contribution in [1.82, 2.24) is 14.5 Å². The van der Waals surface area contributed by atoms with Crippen molar-refractivity contribution in [3.63, 3.8) is 0 Å². The van der Waals surface area contributed by atoms with E-state index in [0.717, 1.165) is 36.1 Å². The van der Waals surface area contributed by atoms with Gasteiger partial charge in [0.15, 0.2) is 6.39 Å². The van der Waals surface area contributed by atoms with Crippen LogP contribution in [-0.4, -0.2) is 38.1 Å². The summed E-state index contributed by atoms with van der Waals surface area (Å²) in [5, 5.41) is 13.5. The van der Waals surface area contributed by atoms with Crippen LogP contribution in [0.15, 0.2) is 70.4 Å². The van der Waals surface area contributed by atoms with Crippen molar-refractivity contribution in [2.24, 2.45) is 11.8 Å². The van der Waals surface area contributed by atoms with Crippen LogP contribution in [0.1, 0.15) is 48.7 Å². The molecule has 0 saturated carbocycles. The Bertz CT molecular complexity index is 1330. The molecule has 2 aliphatic heterocycles. The first-order chi connectivity index (χ1) is 17.7. The number of fused-ring (bicyclic) bond motifs is 3. The number of nitrogens with zero attached hydrogens (tertiary/aromatic N) is 3. The highest BCUT2D eigenvalue weighted by Crippen LogP contribution is 2.50. The van der Waals surface area contributed by atoms with Crippen LogP contribution in [0.3, 0.4) is 0 Å². The number of aromatic nitrogens is 2. The van der Waals surface area contributed by atoms with Crippen LogP contribution in [0.2, 0.25) is 0 Å². The number of aliphatic hydroxyl groups is 1. The Morgan fingerprint density at radius 2 is 2.03 bits per heavy atom. The number of pyridine rings is 1. The summed E-state index contributed by atoms with van der Waals surface area (Å²) in [7, 11) is 0. The quantitative estimate of drug-likeness (QED) is 0.552. The molecule has 1 amide bonds. The Kier molecular flexibility index (Phi) is 6.07. The number of likely N-dealkylation sites (tertiary alicyclic amines) is 1.